The topological polar surface area (TPSA) is 51.6 Å². The molecule has 118 valence electrons. The zero-order valence-corrected chi connectivity index (χ0v) is 13.1. The fraction of sp³-hybridized carbons (Fsp3) is 0.765. The van der Waals surface area contributed by atoms with Gasteiger partial charge in [-0.05, 0) is 50.3 Å². The molecule has 2 unspecified atom stereocenters. The van der Waals surface area contributed by atoms with Gasteiger partial charge in [0.25, 0.3) is 0 Å². The normalized spacial score (nSPS) is 27.1. The predicted octanol–water partition coefficient (Wildman–Crippen LogP) is 2.73. The number of nitrogens with zero attached hydrogens (tertiary/aromatic N) is 1. The second-order valence-electron chi connectivity index (χ2n) is 6.61. The van der Waals surface area contributed by atoms with Crippen molar-refractivity contribution >= 4 is 0 Å². The van der Waals surface area contributed by atoms with E-state index in [-0.39, 0.29) is 0 Å². The lowest BCUT2D eigenvalue weighted by atomic mass is 10.1. The first kappa shape index (κ1) is 15.1. The Kier molecular flexibility index (Phi) is 4.99. The van der Waals surface area contributed by atoms with E-state index in [2.05, 4.69) is 24.0 Å². The van der Waals surface area contributed by atoms with Crippen LogP contribution in [-0.2, 0) is 11.3 Å². The summed E-state index contributed by atoms with van der Waals surface area (Å²) in [5.74, 6) is 3.80. The lowest BCUT2D eigenvalue weighted by Crippen LogP contribution is -2.36. The molecular formula is C17H28N2O2. The van der Waals surface area contributed by atoms with Crippen molar-refractivity contribution < 1.29 is 9.15 Å². The highest BCUT2D eigenvalue weighted by Gasteiger charge is 2.36. The number of rotatable bonds is 7. The number of likely N-dealkylation sites (tertiary alicyclic amines) is 1. The summed E-state index contributed by atoms with van der Waals surface area (Å²) in [5.41, 5.74) is 5.49. The highest BCUT2D eigenvalue weighted by atomic mass is 16.5. The van der Waals surface area contributed by atoms with Gasteiger partial charge in [-0.1, -0.05) is 6.92 Å². The smallest absolute Gasteiger partial charge is 0.118 e. The molecule has 1 aliphatic carbocycles. The van der Waals surface area contributed by atoms with Gasteiger partial charge in [-0.15, -0.1) is 0 Å². The highest BCUT2D eigenvalue weighted by molar-refractivity contribution is 5.17. The van der Waals surface area contributed by atoms with Crippen LogP contribution < -0.4 is 5.73 Å². The molecule has 1 saturated carbocycles. The number of nitrogens with two attached hydrogens (primary N) is 1. The zero-order valence-electron chi connectivity index (χ0n) is 13.1. The molecule has 0 bridgehead atoms. The summed E-state index contributed by atoms with van der Waals surface area (Å²) in [6.07, 6.45) is 4.93. The summed E-state index contributed by atoms with van der Waals surface area (Å²) in [4.78, 5) is 2.47. The first-order chi connectivity index (χ1) is 10.3. The average Bonchev–Trinajstić information content (AvgIpc) is 3.04. The van der Waals surface area contributed by atoms with Crippen LogP contribution in [0, 0.1) is 5.92 Å². The van der Waals surface area contributed by atoms with Crippen molar-refractivity contribution in [2.75, 3.05) is 26.2 Å². The minimum atomic E-state index is 0.423. The van der Waals surface area contributed by atoms with Crippen LogP contribution in [-0.4, -0.2) is 37.2 Å². The fourth-order valence-corrected chi connectivity index (χ4v) is 3.19. The molecule has 2 atom stereocenters. The summed E-state index contributed by atoms with van der Waals surface area (Å²) in [5, 5.41) is 0. The molecule has 21 heavy (non-hydrogen) atoms. The molecule has 3 rings (SSSR count). The Morgan fingerprint density at radius 3 is 2.76 bits per heavy atom. The molecule has 0 amide bonds. The summed E-state index contributed by atoms with van der Waals surface area (Å²) in [6, 6.07) is 4.33. The van der Waals surface area contributed by atoms with Crippen molar-refractivity contribution in [2.45, 2.75) is 51.2 Å². The third kappa shape index (κ3) is 4.09. The summed E-state index contributed by atoms with van der Waals surface area (Å²) in [7, 11) is 0. The van der Waals surface area contributed by atoms with Crippen LogP contribution >= 0.6 is 0 Å². The summed E-state index contributed by atoms with van der Waals surface area (Å²) < 4.78 is 11.8. The molecule has 1 saturated heterocycles. The monoisotopic (exact) mass is 292 g/mol. The van der Waals surface area contributed by atoms with Crippen molar-refractivity contribution in [2.24, 2.45) is 11.7 Å². The Bertz CT molecular complexity index is 438. The number of ether oxygens (including phenoxy) is 1. The first-order valence-electron chi connectivity index (χ1n) is 8.39. The van der Waals surface area contributed by atoms with Crippen molar-refractivity contribution in [3.05, 3.63) is 23.7 Å². The van der Waals surface area contributed by atoms with Gasteiger partial charge >= 0.3 is 0 Å². The van der Waals surface area contributed by atoms with E-state index in [1.807, 2.05) is 0 Å². The molecule has 0 radical (unpaired) electrons. The SMILES string of the molecule is CC1CC1c1ccc(CN2CCC(OCCCN)CC2)o1. The Morgan fingerprint density at radius 2 is 2.10 bits per heavy atom. The summed E-state index contributed by atoms with van der Waals surface area (Å²) in [6.45, 7) is 6.97. The van der Waals surface area contributed by atoms with Crippen LogP contribution in [0.1, 0.15) is 50.0 Å². The third-order valence-electron chi connectivity index (χ3n) is 4.77. The number of furan rings is 1. The Labute approximate surface area is 127 Å². The molecule has 1 aromatic rings. The molecular weight excluding hydrogens is 264 g/mol. The highest BCUT2D eigenvalue weighted by Crippen LogP contribution is 2.47. The van der Waals surface area contributed by atoms with E-state index >= 15 is 0 Å². The van der Waals surface area contributed by atoms with E-state index in [9.17, 15) is 0 Å². The Hall–Kier alpha value is -0.840. The van der Waals surface area contributed by atoms with E-state index in [4.69, 9.17) is 14.9 Å². The van der Waals surface area contributed by atoms with Crippen molar-refractivity contribution in [3.63, 3.8) is 0 Å². The molecule has 2 aliphatic rings. The van der Waals surface area contributed by atoms with Gasteiger partial charge in [0.15, 0.2) is 0 Å². The second kappa shape index (κ2) is 6.95. The predicted molar refractivity (Wildman–Crippen MR) is 83.2 cm³/mol. The van der Waals surface area contributed by atoms with Gasteiger partial charge in [-0.2, -0.15) is 0 Å². The molecule has 4 nitrogen and oxygen atoms in total. The summed E-state index contributed by atoms with van der Waals surface area (Å²) >= 11 is 0. The maximum atomic E-state index is 6.00. The second-order valence-corrected chi connectivity index (χ2v) is 6.61. The van der Waals surface area contributed by atoms with E-state index in [0.29, 0.717) is 12.0 Å². The van der Waals surface area contributed by atoms with Crippen molar-refractivity contribution in [3.8, 4) is 0 Å². The van der Waals surface area contributed by atoms with E-state index in [1.165, 1.54) is 12.2 Å². The van der Waals surface area contributed by atoms with Crippen molar-refractivity contribution in [1.82, 2.24) is 4.90 Å². The standard InChI is InChI=1S/C17H28N2O2/c1-13-11-16(13)17-4-3-15(21-17)12-19-8-5-14(6-9-19)20-10-2-7-18/h3-4,13-14,16H,2,5-12,18H2,1H3. The van der Waals surface area contributed by atoms with E-state index < -0.39 is 0 Å². The third-order valence-corrected chi connectivity index (χ3v) is 4.77. The average molecular weight is 292 g/mol. The van der Waals surface area contributed by atoms with Crippen molar-refractivity contribution in [1.29, 1.82) is 0 Å². The Balaban J connectivity index is 1.40. The maximum absolute atomic E-state index is 6.00. The van der Waals surface area contributed by atoms with Crippen LogP contribution in [0.3, 0.4) is 0 Å². The van der Waals surface area contributed by atoms with Gasteiger partial charge in [0, 0.05) is 25.6 Å². The minimum absolute atomic E-state index is 0.423. The number of hydrogen-bond donors (Lipinski definition) is 1. The number of piperidine rings is 1. The quantitative estimate of drug-likeness (QED) is 0.785. The molecule has 1 aromatic heterocycles. The zero-order chi connectivity index (χ0) is 14.7. The maximum Gasteiger partial charge on any atom is 0.118 e. The van der Waals surface area contributed by atoms with Crippen LogP contribution in [0.5, 0.6) is 0 Å². The van der Waals surface area contributed by atoms with Crippen LogP contribution in [0.2, 0.25) is 0 Å². The van der Waals surface area contributed by atoms with Crippen LogP contribution in [0.25, 0.3) is 0 Å². The van der Waals surface area contributed by atoms with Gasteiger partial charge < -0.3 is 14.9 Å². The first-order valence-corrected chi connectivity index (χ1v) is 8.39. The van der Waals surface area contributed by atoms with Gasteiger partial charge in [0.1, 0.15) is 11.5 Å². The largest absolute Gasteiger partial charge is 0.464 e. The molecule has 1 aliphatic heterocycles. The van der Waals surface area contributed by atoms with Crippen LogP contribution in [0.4, 0.5) is 0 Å². The van der Waals surface area contributed by atoms with Gasteiger partial charge in [0.2, 0.25) is 0 Å². The van der Waals surface area contributed by atoms with Gasteiger partial charge in [0.05, 0.1) is 12.6 Å². The van der Waals surface area contributed by atoms with E-state index in [1.54, 1.807) is 0 Å². The molecule has 0 spiro atoms. The lowest BCUT2D eigenvalue weighted by Gasteiger charge is -2.31. The molecule has 2 N–H and O–H groups in total. The van der Waals surface area contributed by atoms with Gasteiger partial charge in [-0.25, -0.2) is 0 Å². The molecule has 2 heterocycles. The van der Waals surface area contributed by atoms with E-state index in [0.717, 1.165) is 63.7 Å². The Morgan fingerprint density at radius 1 is 1.33 bits per heavy atom. The minimum Gasteiger partial charge on any atom is -0.464 e. The lowest BCUT2D eigenvalue weighted by molar-refractivity contribution is 0.00439. The molecule has 0 aromatic carbocycles. The molecule has 4 heteroatoms. The molecule has 2 fully saturated rings. The fourth-order valence-electron chi connectivity index (χ4n) is 3.19. The van der Waals surface area contributed by atoms with Gasteiger partial charge in [-0.3, -0.25) is 4.90 Å². The number of hydrogen-bond acceptors (Lipinski definition) is 4. The van der Waals surface area contributed by atoms with Crippen LogP contribution in [0.15, 0.2) is 16.5 Å².